The zero-order chi connectivity index (χ0) is 15.8. The molecule has 0 saturated heterocycles. The number of pyridine rings is 1. The molecule has 116 valence electrons. The molecule has 0 aliphatic carbocycles. The predicted octanol–water partition coefficient (Wildman–Crippen LogP) is 2.43. The number of methoxy groups -OCH3 is 1. The van der Waals surface area contributed by atoms with Gasteiger partial charge in [0.25, 0.3) is 0 Å². The van der Waals surface area contributed by atoms with E-state index < -0.39 is 0 Å². The third-order valence-electron chi connectivity index (χ3n) is 2.90. The molecule has 1 aromatic carbocycles. The van der Waals surface area contributed by atoms with Gasteiger partial charge in [-0.2, -0.15) is 0 Å². The average molecular weight is 301 g/mol. The number of ether oxygens (including phenoxy) is 2. The van der Waals surface area contributed by atoms with E-state index in [1.165, 1.54) is 0 Å². The van der Waals surface area contributed by atoms with Crippen LogP contribution in [0.15, 0.2) is 42.6 Å². The van der Waals surface area contributed by atoms with Gasteiger partial charge in [-0.15, -0.1) is 0 Å². The summed E-state index contributed by atoms with van der Waals surface area (Å²) >= 11 is 0. The highest BCUT2D eigenvalue weighted by Gasteiger charge is 2.03. The largest absolute Gasteiger partial charge is 0.497 e. The molecule has 2 aromatic rings. The van der Waals surface area contributed by atoms with Gasteiger partial charge in [0.2, 0.25) is 11.8 Å². The van der Waals surface area contributed by atoms with Gasteiger partial charge < -0.3 is 20.1 Å². The third kappa shape index (κ3) is 4.75. The molecule has 6 heteroatoms. The van der Waals surface area contributed by atoms with Gasteiger partial charge in [-0.3, -0.25) is 4.79 Å². The minimum absolute atomic E-state index is 0.0556. The first kappa shape index (κ1) is 15.8. The second-order valence-corrected chi connectivity index (χ2v) is 4.56. The Balaban J connectivity index is 1.92. The summed E-state index contributed by atoms with van der Waals surface area (Å²) in [5, 5.41) is 5.69. The van der Waals surface area contributed by atoms with E-state index in [0.29, 0.717) is 30.3 Å². The van der Waals surface area contributed by atoms with Crippen molar-refractivity contribution >= 4 is 11.6 Å². The number of nitrogens with one attached hydrogen (secondary N) is 2. The average Bonchev–Trinajstić information content (AvgIpc) is 2.55. The maximum absolute atomic E-state index is 11.6. The topological polar surface area (TPSA) is 72.5 Å². The maximum Gasteiger partial charge on any atom is 0.225 e. The molecular weight excluding hydrogens is 282 g/mol. The number of rotatable bonds is 7. The Morgan fingerprint density at radius 3 is 2.45 bits per heavy atom. The Kier molecular flexibility index (Phi) is 5.73. The Morgan fingerprint density at radius 1 is 1.14 bits per heavy atom. The molecule has 0 radical (unpaired) electrons. The first-order valence-corrected chi connectivity index (χ1v) is 6.93. The first-order valence-electron chi connectivity index (χ1n) is 6.93. The van der Waals surface area contributed by atoms with Crippen LogP contribution in [0.5, 0.6) is 17.4 Å². The summed E-state index contributed by atoms with van der Waals surface area (Å²) in [4.78, 5) is 15.8. The molecule has 1 aromatic heterocycles. The van der Waals surface area contributed by atoms with Crippen LogP contribution in [0.25, 0.3) is 0 Å². The van der Waals surface area contributed by atoms with Gasteiger partial charge in [-0.05, 0) is 37.4 Å². The fraction of sp³-hybridized carbons (Fsp3) is 0.250. The van der Waals surface area contributed by atoms with E-state index in [0.717, 1.165) is 5.75 Å². The van der Waals surface area contributed by atoms with Crippen molar-refractivity contribution < 1.29 is 14.3 Å². The maximum atomic E-state index is 11.6. The lowest BCUT2D eigenvalue weighted by Crippen LogP contribution is -2.18. The van der Waals surface area contributed by atoms with Gasteiger partial charge in [0.05, 0.1) is 19.0 Å². The highest BCUT2D eigenvalue weighted by Crippen LogP contribution is 2.23. The van der Waals surface area contributed by atoms with Gasteiger partial charge in [-0.1, -0.05) is 0 Å². The molecule has 1 amide bonds. The molecule has 0 aliphatic heterocycles. The van der Waals surface area contributed by atoms with E-state index >= 15 is 0 Å². The number of hydrogen-bond donors (Lipinski definition) is 2. The van der Waals surface area contributed by atoms with E-state index in [4.69, 9.17) is 9.47 Å². The van der Waals surface area contributed by atoms with Crippen molar-refractivity contribution in [2.75, 3.05) is 26.0 Å². The van der Waals surface area contributed by atoms with Crippen LogP contribution in [0.3, 0.4) is 0 Å². The highest BCUT2D eigenvalue weighted by atomic mass is 16.5. The SMILES string of the molecule is CNCCC(=O)Nc1ccc(Oc2ccc(OC)cc2)nc1. The number of aromatic nitrogens is 1. The van der Waals surface area contributed by atoms with Gasteiger partial charge >= 0.3 is 0 Å². The summed E-state index contributed by atoms with van der Waals surface area (Å²) in [7, 11) is 3.42. The van der Waals surface area contributed by atoms with Crippen LogP contribution in [-0.4, -0.2) is 31.6 Å². The molecule has 0 atom stereocenters. The molecule has 0 aliphatic rings. The zero-order valence-electron chi connectivity index (χ0n) is 12.6. The molecular formula is C16H19N3O3. The highest BCUT2D eigenvalue weighted by molar-refractivity contribution is 5.90. The normalized spacial score (nSPS) is 10.1. The van der Waals surface area contributed by atoms with Crippen LogP contribution in [0.1, 0.15) is 6.42 Å². The van der Waals surface area contributed by atoms with Gasteiger partial charge in [-0.25, -0.2) is 4.98 Å². The zero-order valence-corrected chi connectivity index (χ0v) is 12.6. The third-order valence-corrected chi connectivity index (χ3v) is 2.90. The lowest BCUT2D eigenvalue weighted by Gasteiger charge is -2.07. The van der Waals surface area contributed by atoms with E-state index in [-0.39, 0.29) is 5.91 Å². The van der Waals surface area contributed by atoms with Gasteiger partial charge in [0, 0.05) is 19.0 Å². The minimum Gasteiger partial charge on any atom is -0.497 e. The summed E-state index contributed by atoms with van der Waals surface area (Å²) < 4.78 is 10.7. The van der Waals surface area contributed by atoms with Crippen molar-refractivity contribution in [3.05, 3.63) is 42.6 Å². The fourth-order valence-electron chi connectivity index (χ4n) is 1.74. The number of benzene rings is 1. The van der Waals surface area contributed by atoms with E-state index in [2.05, 4.69) is 15.6 Å². The first-order chi connectivity index (χ1) is 10.7. The van der Waals surface area contributed by atoms with Crippen molar-refractivity contribution in [3.63, 3.8) is 0 Å². The molecule has 22 heavy (non-hydrogen) atoms. The monoisotopic (exact) mass is 301 g/mol. The molecule has 2 N–H and O–H groups in total. The van der Waals surface area contributed by atoms with Gasteiger partial charge in [0.1, 0.15) is 11.5 Å². The van der Waals surface area contributed by atoms with Crippen molar-refractivity contribution in [3.8, 4) is 17.4 Å². The summed E-state index contributed by atoms with van der Waals surface area (Å²) in [6.45, 7) is 0.637. The summed E-state index contributed by atoms with van der Waals surface area (Å²) in [6, 6.07) is 10.7. The molecule has 1 heterocycles. The van der Waals surface area contributed by atoms with Crippen LogP contribution in [0.2, 0.25) is 0 Å². The van der Waals surface area contributed by atoms with E-state index in [1.807, 2.05) is 12.1 Å². The van der Waals surface area contributed by atoms with Crippen molar-refractivity contribution in [1.82, 2.24) is 10.3 Å². The fourth-order valence-corrected chi connectivity index (χ4v) is 1.74. The van der Waals surface area contributed by atoms with Crippen LogP contribution < -0.4 is 20.1 Å². The second kappa shape index (κ2) is 7.99. The van der Waals surface area contributed by atoms with Crippen molar-refractivity contribution in [2.24, 2.45) is 0 Å². The molecule has 0 fully saturated rings. The number of nitrogens with zero attached hydrogens (tertiary/aromatic N) is 1. The minimum atomic E-state index is -0.0556. The lowest BCUT2D eigenvalue weighted by atomic mass is 10.3. The van der Waals surface area contributed by atoms with Crippen LogP contribution in [-0.2, 0) is 4.79 Å². The summed E-state index contributed by atoms with van der Waals surface area (Å²) in [5.41, 5.74) is 0.642. The van der Waals surface area contributed by atoms with Crippen molar-refractivity contribution in [2.45, 2.75) is 6.42 Å². The number of anilines is 1. The molecule has 0 spiro atoms. The second-order valence-electron chi connectivity index (χ2n) is 4.56. The number of carbonyl (C=O) groups is 1. The molecule has 2 rings (SSSR count). The molecule has 6 nitrogen and oxygen atoms in total. The standard InChI is InChI=1S/C16H19N3O3/c1-17-10-9-15(20)19-12-3-8-16(18-11-12)22-14-6-4-13(21-2)5-7-14/h3-8,11,17H,9-10H2,1-2H3,(H,19,20). The summed E-state index contributed by atoms with van der Waals surface area (Å²) in [5.74, 6) is 1.83. The van der Waals surface area contributed by atoms with Crippen LogP contribution in [0, 0.1) is 0 Å². The number of amides is 1. The van der Waals surface area contributed by atoms with Gasteiger partial charge in [0.15, 0.2) is 0 Å². The predicted molar refractivity (Wildman–Crippen MR) is 84.5 cm³/mol. The smallest absolute Gasteiger partial charge is 0.225 e. The van der Waals surface area contributed by atoms with E-state index in [9.17, 15) is 4.79 Å². The molecule has 0 bridgehead atoms. The number of carbonyl (C=O) groups excluding carboxylic acids is 1. The van der Waals surface area contributed by atoms with Crippen LogP contribution >= 0.6 is 0 Å². The van der Waals surface area contributed by atoms with E-state index in [1.54, 1.807) is 44.6 Å². The Morgan fingerprint density at radius 2 is 1.86 bits per heavy atom. The Bertz CT molecular complexity index is 597. The Labute approximate surface area is 129 Å². The summed E-state index contributed by atoms with van der Waals surface area (Å²) in [6.07, 6.45) is 1.98. The molecule has 0 saturated carbocycles. The molecule has 0 unspecified atom stereocenters. The lowest BCUT2D eigenvalue weighted by molar-refractivity contribution is -0.116. The quantitative estimate of drug-likeness (QED) is 0.822. The van der Waals surface area contributed by atoms with Crippen molar-refractivity contribution in [1.29, 1.82) is 0 Å². The van der Waals surface area contributed by atoms with Crippen LogP contribution in [0.4, 0.5) is 5.69 Å². The Hall–Kier alpha value is -2.60. The number of hydrogen-bond acceptors (Lipinski definition) is 5.